The summed E-state index contributed by atoms with van der Waals surface area (Å²) in [7, 11) is 0. The summed E-state index contributed by atoms with van der Waals surface area (Å²) < 4.78 is 6.12. The average Bonchev–Trinajstić information content (AvgIpc) is 3.05. The van der Waals surface area contributed by atoms with Crippen LogP contribution in [0.4, 0.5) is 0 Å². The van der Waals surface area contributed by atoms with E-state index in [1.807, 2.05) is 30.3 Å². The van der Waals surface area contributed by atoms with Gasteiger partial charge in [0.25, 0.3) is 0 Å². The highest BCUT2D eigenvalue weighted by Crippen LogP contribution is 2.66. The molecule has 158 valence electrons. The fourth-order valence-corrected chi connectivity index (χ4v) is 8.15. The summed E-state index contributed by atoms with van der Waals surface area (Å²) in [6.45, 7) is 4.94. The molecule has 1 aromatic carbocycles. The van der Waals surface area contributed by atoms with Crippen molar-refractivity contribution in [3.63, 3.8) is 0 Å². The Morgan fingerprint density at radius 1 is 0.931 bits per heavy atom. The molecular formula is C26H36O3. The van der Waals surface area contributed by atoms with Crippen LogP contribution in [0.1, 0.15) is 82.0 Å². The highest BCUT2D eigenvalue weighted by molar-refractivity contribution is 5.89. The molecule has 0 unspecified atom stereocenters. The third-order valence-corrected chi connectivity index (χ3v) is 9.81. The first-order chi connectivity index (χ1) is 13.9. The van der Waals surface area contributed by atoms with Crippen LogP contribution >= 0.6 is 0 Å². The van der Waals surface area contributed by atoms with E-state index < -0.39 is 0 Å². The van der Waals surface area contributed by atoms with Gasteiger partial charge in [0.1, 0.15) is 6.10 Å². The standard InChI is InChI=1S/C26H36O3/c1-25-14-12-19(27)16-18(25)8-9-20-21-10-11-23(26(21,2)15-13-22(20)25)29-24(28)17-6-4-3-5-7-17/h3-7,18-23,27H,8-16H2,1-2H3/t18-,19+,20+,21+,22+,23+,25+,26+/m1/s1. The number of aliphatic hydroxyl groups is 1. The van der Waals surface area contributed by atoms with E-state index in [-0.39, 0.29) is 23.6 Å². The molecule has 5 rings (SSSR count). The van der Waals surface area contributed by atoms with Crippen molar-refractivity contribution in [1.29, 1.82) is 0 Å². The molecule has 1 aromatic rings. The van der Waals surface area contributed by atoms with Crippen LogP contribution in [0.2, 0.25) is 0 Å². The van der Waals surface area contributed by atoms with Crippen LogP contribution in [0.5, 0.6) is 0 Å². The molecule has 0 aliphatic heterocycles. The average molecular weight is 397 g/mol. The Kier molecular flexibility index (Phi) is 4.81. The van der Waals surface area contributed by atoms with Crippen molar-refractivity contribution in [3.8, 4) is 0 Å². The van der Waals surface area contributed by atoms with E-state index in [4.69, 9.17) is 4.74 Å². The van der Waals surface area contributed by atoms with Gasteiger partial charge in [-0.2, -0.15) is 0 Å². The van der Waals surface area contributed by atoms with Gasteiger partial charge in [-0.25, -0.2) is 4.79 Å². The highest BCUT2D eigenvalue weighted by Gasteiger charge is 2.61. The molecule has 29 heavy (non-hydrogen) atoms. The van der Waals surface area contributed by atoms with Crippen molar-refractivity contribution in [1.82, 2.24) is 0 Å². The largest absolute Gasteiger partial charge is 0.458 e. The van der Waals surface area contributed by atoms with Gasteiger partial charge in [0, 0.05) is 5.41 Å². The molecule has 0 aromatic heterocycles. The molecule has 3 heteroatoms. The first-order valence-corrected chi connectivity index (χ1v) is 11.9. The van der Waals surface area contributed by atoms with Crippen molar-refractivity contribution in [2.24, 2.45) is 34.5 Å². The summed E-state index contributed by atoms with van der Waals surface area (Å²) in [5.41, 5.74) is 1.20. The van der Waals surface area contributed by atoms with E-state index in [9.17, 15) is 9.90 Å². The number of carbonyl (C=O) groups is 1. The second kappa shape index (κ2) is 7.11. The third kappa shape index (κ3) is 3.07. The fraction of sp³-hybridized carbons (Fsp3) is 0.731. The monoisotopic (exact) mass is 396 g/mol. The van der Waals surface area contributed by atoms with E-state index in [0.717, 1.165) is 31.1 Å². The highest BCUT2D eigenvalue weighted by atomic mass is 16.5. The minimum atomic E-state index is -0.156. The van der Waals surface area contributed by atoms with Crippen LogP contribution < -0.4 is 0 Å². The fourth-order valence-electron chi connectivity index (χ4n) is 8.15. The molecule has 3 nitrogen and oxygen atoms in total. The van der Waals surface area contributed by atoms with Gasteiger partial charge in [-0.3, -0.25) is 0 Å². The van der Waals surface area contributed by atoms with Crippen molar-refractivity contribution < 1.29 is 14.6 Å². The van der Waals surface area contributed by atoms with Crippen LogP contribution in [0.15, 0.2) is 30.3 Å². The van der Waals surface area contributed by atoms with Crippen LogP contribution in [0.25, 0.3) is 0 Å². The number of ether oxygens (including phenoxy) is 1. The lowest BCUT2D eigenvalue weighted by atomic mass is 9.45. The number of carbonyl (C=O) groups excluding carboxylic acids is 1. The van der Waals surface area contributed by atoms with Gasteiger partial charge >= 0.3 is 5.97 Å². The first kappa shape index (κ1) is 19.6. The molecule has 0 radical (unpaired) electrons. The van der Waals surface area contributed by atoms with Crippen LogP contribution in [0.3, 0.4) is 0 Å². The predicted molar refractivity (Wildman–Crippen MR) is 113 cm³/mol. The molecule has 4 aliphatic rings. The van der Waals surface area contributed by atoms with E-state index in [2.05, 4.69) is 13.8 Å². The summed E-state index contributed by atoms with van der Waals surface area (Å²) in [6, 6.07) is 9.45. The maximum atomic E-state index is 12.7. The molecule has 1 N–H and O–H groups in total. The Labute approximate surface area is 175 Å². The van der Waals surface area contributed by atoms with E-state index in [1.165, 1.54) is 38.5 Å². The first-order valence-electron chi connectivity index (χ1n) is 11.9. The number of fused-ring (bicyclic) bond motifs is 5. The minimum Gasteiger partial charge on any atom is -0.458 e. The van der Waals surface area contributed by atoms with E-state index >= 15 is 0 Å². The Morgan fingerprint density at radius 3 is 2.45 bits per heavy atom. The summed E-state index contributed by atoms with van der Waals surface area (Å²) in [6.07, 6.45) is 10.4. The Hall–Kier alpha value is -1.35. The number of rotatable bonds is 2. The third-order valence-electron chi connectivity index (χ3n) is 9.81. The second-order valence-electron chi connectivity index (χ2n) is 11.0. The molecule has 4 saturated carbocycles. The smallest absolute Gasteiger partial charge is 0.338 e. The Morgan fingerprint density at radius 2 is 1.66 bits per heavy atom. The molecule has 4 aliphatic carbocycles. The van der Waals surface area contributed by atoms with Gasteiger partial charge in [-0.15, -0.1) is 0 Å². The molecule has 8 atom stereocenters. The summed E-state index contributed by atoms with van der Waals surface area (Å²) >= 11 is 0. The van der Waals surface area contributed by atoms with Crippen LogP contribution in [-0.2, 0) is 4.74 Å². The number of benzene rings is 1. The van der Waals surface area contributed by atoms with Crippen molar-refractivity contribution >= 4 is 5.97 Å². The van der Waals surface area contributed by atoms with Gasteiger partial charge in [-0.1, -0.05) is 32.0 Å². The maximum Gasteiger partial charge on any atom is 0.338 e. The zero-order chi connectivity index (χ0) is 20.2. The van der Waals surface area contributed by atoms with Gasteiger partial charge < -0.3 is 9.84 Å². The second-order valence-corrected chi connectivity index (χ2v) is 11.0. The summed E-state index contributed by atoms with van der Waals surface area (Å²) in [4.78, 5) is 12.7. The number of hydrogen-bond acceptors (Lipinski definition) is 3. The molecule has 0 saturated heterocycles. The molecule has 0 amide bonds. The van der Waals surface area contributed by atoms with E-state index in [1.54, 1.807) is 0 Å². The Bertz CT molecular complexity index is 760. The molecule has 4 fully saturated rings. The maximum absolute atomic E-state index is 12.7. The zero-order valence-corrected chi connectivity index (χ0v) is 18.0. The Balaban J connectivity index is 1.34. The van der Waals surface area contributed by atoms with Gasteiger partial charge in [0.05, 0.1) is 11.7 Å². The van der Waals surface area contributed by atoms with E-state index in [0.29, 0.717) is 22.8 Å². The van der Waals surface area contributed by atoms with Gasteiger partial charge in [0.2, 0.25) is 0 Å². The lowest BCUT2D eigenvalue weighted by Crippen LogP contribution is -2.54. The zero-order valence-electron chi connectivity index (χ0n) is 18.0. The summed E-state index contributed by atoms with van der Waals surface area (Å²) in [5, 5.41) is 10.2. The van der Waals surface area contributed by atoms with Gasteiger partial charge in [0.15, 0.2) is 0 Å². The summed E-state index contributed by atoms with van der Waals surface area (Å²) in [5.74, 6) is 2.78. The molecule has 0 bridgehead atoms. The molecule has 0 heterocycles. The number of aliphatic hydroxyl groups excluding tert-OH is 1. The topological polar surface area (TPSA) is 46.5 Å². The predicted octanol–water partition coefficient (Wildman–Crippen LogP) is 5.62. The quantitative estimate of drug-likeness (QED) is 0.660. The molecular weight excluding hydrogens is 360 g/mol. The van der Waals surface area contributed by atoms with Crippen molar-refractivity contribution in [2.45, 2.75) is 83.8 Å². The lowest BCUT2D eigenvalue weighted by molar-refractivity contribution is -0.134. The van der Waals surface area contributed by atoms with Crippen molar-refractivity contribution in [2.75, 3.05) is 0 Å². The number of hydrogen-bond donors (Lipinski definition) is 1. The normalized spacial score (nSPS) is 46.3. The van der Waals surface area contributed by atoms with Crippen LogP contribution in [-0.4, -0.2) is 23.3 Å². The van der Waals surface area contributed by atoms with Crippen molar-refractivity contribution in [3.05, 3.63) is 35.9 Å². The van der Waals surface area contributed by atoms with Gasteiger partial charge in [-0.05, 0) is 99.0 Å². The molecule has 0 spiro atoms. The SMILES string of the molecule is C[C@]12CC[C@H](O)C[C@H]1CC[C@@H]1[C@@H]2CC[C@]2(C)[C@@H](OC(=O)c3ccccc3)CC[C@@H]12. The lowest BCUT2D eigenvalue weighted by Gasteiger charge is -2.60. The van der Waals surface area contributed by atoms with Crippen LogP contribution in [0, 0.1) is 34.5 Å². The minimum absolute atomic E-state index is 0.0554. The number of esters is 1.